The molecule has 0 saturated heterocycles. The van der Waals surface area contributed by atoms with Crippen LogP contribution >= 0.6 is 34.5 Å². The van der Waals surface area contributed by atoms with Crippen LogP contribution in [0, 0.1) is 13.8 Å². The number of ether oxygens (including phenoxy) is 2. The Morgan fingerprint density at radius 3 is 2.41 bits per heavy atom. The third-order valence-electron chi connectivity index (χ3n) is 7.89. The maximum atomic E-state index is 14.1. The summed E-state index contributed by atoms with van der Waals surface area (Å²) in [5.41, 5.74) is 6.08. The maximum absolute atomic E-state index is 14.1. The van der Waals surface area contributed by atoms with Gasteiger partial charge >= 0.3 is 5.97 Å². The average molecular weight is 673 g/mol. The number of hydrogen-bond donors (Lipinski definition) is 0. The molecule has 0 bridgehead atoms. The molecule has 1 aliphatic rings. The molecule has 3 aromatic carbocycles. The fourth-order valence-electron chi connectivity index (χ4n) is 5.69. The van der Waals surface area contributed by atoms with E-state index in [4.69, 9.17) is 32.7 Å². The lowest BCUT2D eigenvalue weighted by Crippen LogP contribution is -2.40. The van der Waals surface area contributed by atoms with Gasteiger partial charge in [0.1, 0.15) is 18.4 Å². The number of thiazole rings is 1. The molecule has 0 N–H and O–H groups in total. The summed E-state index contributed by atoms with van der Waals surface area (Å²) in [7, 11) is 0. The molecule has 3 heterocycles. The van der Waals surface area contributed by atoms with Crippen molar-refractivity contribution in [3.05, 3.63) is 148 Å². The summed E-state index contributed by atoms with van der Waals surface area (Å²) in [6, 6.07) is 24.0. The number of aryl methyl sites for hydroxylation is 1. The van der Waals surface area contributed by atoms with Crippen molar-refractivity contribution in [1.29, 1.82) is 0 Å². The zero-order valence-electron chi connectivity index (χ0n) is 25.7. The lowest BCUT2D eigenvalue weighted by molar-refractivity contribution is -0.139. The predicted molar refractivity (Wildman–Crippen MR) is 183 cm³/mol. The quantitative estimate of drug-likeness (QED) is 0.165. The standard InChI is InChI=1S/C36H31Cl2N3O4S/c1-5-44-35(43)32-22(3)39-36-41(33(32)29-8-6-7-9-30(29)38)34(42)31(46-36)19-25-18-21(2)40(23(25)4)27-14-16-28(17-15-27)45-20-24-10-12-26(37)13-11-24/h6-19,33H,5,20H2,1-4H3/b31-19-/t33-/m1/s1. The van der Waals surface area contributed by atoms with Gasteiger partial charge in [0.15, 0.2) is 4.80 Å². The van der Waals surface area contributed by atoms with Crippen molar-refractivity contribution in [3.8, 4) is 11.4 Å². The van der Waals surface area contributed by atoms with Crippen LogP contribution in [-0.2, 0) is 16.1 Å². The largest absolute Gasteiger partial charge is 0.489 e. The van der Waals surface area contributed by atoms with E-state index in [9.17, 15) is 9.59 Å². The van der Waals surface area contributed by atoms with Gasteiger partial charge in [-0.2, -0.15) is 0 Å². The number of benzene rings is 3. The first kappa shape index (κ1) is 31.6. The Hall–Kier alpha value is -4.37. The van der Waals surface area contributed by atoms with Crippen molar-refractivity contribution >= 4 is 46.6 Å². The van der Waals surface area contributed by atoms with Gasteiger partial charge < -0.3 is 14.0 Å². The third-order valence-corrected chi connectivity index (χ3v) is 9.47. The molecule has 0 radical (unpaired) electrons. The summed E-state index contributed by atoms with van der Waals surface area (Å²) in [6.07, 6.45) is 1.89. The van der Waals surface area contributed by atoms with E-state index in [1.807, 2.05) is 86.7 Å². The fraction of sp³-hybridized carbons (Fsp3) is 0.194. The average Bonchev–Trinajstić information content (AvgIpc) is 3.50. The van der Waals surface area contributed by atoms with Gasteiger partial charge in [-0.1, -0.05) is 64.9 Å². The molecule has 6 rings (SSSR count). The van der Waals surface area contributed by atoms with Crippen molar-refractivity contribution in [3.63, 3.8) is 0 Å². The van der Waals surface area contributed by atoms with Crippen LogP contribution in [0.15, 0.2) is 99.9 Å². The Bertz CT molecular complexity index is 2160. The van der Waals surface area contributed by atoms with E-state index in [1.165, 1.54) is 11.3 Å². The van der Waals surface area contributed by atoms with Gasteiger partial charge in [0, 0.05) is 27.1 Å². The van der Waals surface area contributed by atoms with Crippen molar-refractivity contribution < 1.29 is 14.3 Å². The molecule has 1 aliphatic heterocycles. The normalized spacial score (nSPS) is 14.7. The molecule has 46 heavy (non-hydrogen) atoms. The lowest BCUT2D eigenvalue weighted by atomic mass is 9.96. The smallest absolute Gasteiger partial charge is 0.338 e. The van der Waals surface area contributed by atoms with E-state index in [0.717, 1.165) is 34.0 Å². The third kappa shape index (κ3) is 6.08. The molecule has 0 fully saturated rings. The van der Waals surface area contributed by atoms with E-state index in [1.54, 1.807) is 24.5 Å². The number of aromatic nitrogens is 2. The molecule has 1 atom stereocenters. The monoisotopic (exact) mass is 671 g/mol. The molecule has 10 heteroatoms. The van der Waals surface area contributed by atoms with Gasteiger partial charge in [-0.25, -0.2) is 9.79 Å². The van der Waals surface area contributed by atoms with Crippen LogP contribution < -0.4 is 19.6 Å². The highest BCUT2D eigenvalue weighted by Crippen LogP contribution is 2.34. The topological polar surface area (TPSA) is 74.8 Å². The summed E-state index contributed by atoms with van der Waals surface area (Å²) >= 11 is 13.9. The van der Waals surface area contributed by atoms with E-state index in [2.05, 4.69) is 15.6 Å². The van der Waals surface area contributed by atoms with E-state index in [-0.39, 0.29) is 12.2 Å². The first-order chi connectivity index (χ1) is 22.2. The number of esters is 1. The van der Waals surface area contributed by atoms with Crippen LogP contribution in [0.3, 0.4) is 0 Å². The van der Waals surface area contributed by atoms with Gasteiger partial charge in [-0.15, -0.1) is 0 Å². The zero-order valence-corrected chi connectivity index (χ0v) is 28.0. The molecule has 0 saturated carbocycles. The molecule has 0 aliphatic carbocycles. The summed E-state index contributed by atoms with van der Waals surface area (Å²) in [5, 5.41) is 1.14. The second kappa shape index (κ2) is 13.2. The number of nitrogens with zero attached hydrogens (tertiary/aromatic N) is 3. The number of carbonyl (C=O) groups excluding carboxylic acids is 1. The number of fused-ring (bicyclic) bond motifs is 1. The van der Waals surface area contributed by atoms with Crippen LogP contribution in [0.25, 0.3) is 11.8 Å². The minimum absolute atomic E-state index is 0.198. The Balaban J connectivity index is 1.35. The summed E-state index contributed by atoms with van der Waals surface area (Å²) in [6.45, 7) is 8.20. The van der Waals surface area contributed by atoms with Crippen LogP contribution in [0.4, 0.5) is 0 Å². The van der Waals surface area contributed by atoms with Gasteiger partial charge in [0.25, 0.3) is 5.56 Å². The minimum atomic E-state index is -0.765. The molecular formula is C36H31Cl2N3O4S. The minimum Gasteiger partial charge on any atom is -0.489 e. The van der Waals surface area contributed by atoms with Gasteiger partial charge in [-0.05, 0) is 99.0 Å². The molecule has 0 spiro atoms. The summed E-state index contributed by atoms with van der Waals surface area (Å²) in [4.78, 5) is 32.4. The van der Waals surface area contributed by atoms with Crippen molar-refractivity contribution in [2.24, 2.45) is 4.99 Å². The Labute approximate surface area is 280 Å². The second-order valence-electron chi connectivity index (χ2n) is 10.9. The van der Waals surface area contributed by atoms with Gasteiger partial charge in [-0.3, -0.25) is 9.36 Å². The highest BCUT2D eigenvalue weighted by molar-refractivity contribution is 7.07. The molecule has 2 aromatic heterocycles. The fourth-order valence-corrected chi connectivity index (χ4v) is 7.10. The van der Waals surface area contributed by atoms with Crippen LogP contribution in [0.5, 0.6) is 5.75 Å². The Morgan fingerprint density at radius 1 is 1.00 bits per heavy atom. The van der Waals surface area contributed by atoms with Crippen LogP contribution in [-0.4, -0.2) is 21.7 Å². The van der Waals surface area contributed by atoms with Crippen molar-refractivity contribution in [1.82, 2.24) is 9.13 Å². The molecular weight excluding hydrogens is 641 g/mol. The molecule has 5 aromatic rings. The number of carbonyl (C=O) groups is 1. The summed E-state index contributed by atoms with van der Waals surface area (Å²) < 4.78 is 15.5. The van der Waals surface area contributed by atoms with E-state index < -0.39 is 12.0 Å². The van der Waals surface area contributed by atoms with Gasteiger partial charge in [0.2, 0.25) is 0 Å². The molecule has 7 nitrogen and oxygen atoms in total. The first-order valence-electron chi connectivity index (χ1n) is 14.8. The van der Waals surface area contributed by atoms with Crippen molar-refractivity contribution in [2.45, 2.75) is 40.3 Å². The Morgan fingerprint density at radius 2 is 1.72 bits per heavy atom. The first-order valence-corrected chi connectivity index (χ1v) is 16.3. The van der Waals surface area contributed by atoms with Crippen LogP contribution in [0.2, 0.25) is 10.0 Å². The molecule has 0 unspecified atom stereocenters. The van der Waals surface area contributed by atoms with E-state index in [0.29, 0.717) is 42.8 Å². The molecule has 0 amide bonds. The summed E-state index contributed by atoms with van der Waals surface area (Å²) in [5.74, 6) is 0.237. The lowest BCUT2D eigenvalue weighted by Gasteiger charge is -2.25. The van der Waals surface area contributed by atoms with Crippen molar-refractivity contribution in [2.75, 3.05) is 6.61 Å². The maximum Gasteiger partial charge on any atom is 0.338 e. The van der Waals surface area contributed by atoms with E-state index >= 15 is 0 Å². The zero-order chi connectivity index (χ0) is 32.5. The highest BCUT2D eigenvalue weighted by Gasteiger charge is 2.34. The molecule has 234 valence electrons. The Kier molecular flexibility index (Phi) is 9.04. The number of allylic oxidation sites excluding steroid dienone is 1. The van der Waals surface area contributed by atoms with Crippen LogP contribution in [0.1, 0.15) is 48.0 Å². The number of hydrogen-bond acceptors (Lipinski definition) is 6. The number of halogens is 2. The highest BCUT2D eigenvalue weighted by atomic mass is 35.5. The second-order valence-corrected chi connectivity index (χ2v) is 12.7. The van der Waals surface area contributed by atoms with Gasteiger partial charge in [0.05, 0.1) is 22.4 Å². The predicted octanol–water partition coefficient (Wildman–Crippen LogP) is 7.09. The number of rotatable bonds is 8. The SMILES string of the molecule is CCOC(=O)C1=C(C)N=c2s/c(=C\c3cc(C)n(-c4ccc(OCc5ccc(Cl)cc5)cc4)c3C)c(=O)n2[C@@H]1c1ccccc1Cl.